The molecule has 1 rings (SSSR count). The number of hydrogen-bond acceptors (Lipinski definition) is 1. The standard InChI is InChI=1S/C13H19NS/c1-8(2)12(13(14)15)11-6-5-9(3)7-10(11)4/h5-8,12H,1-4H3,(H2,14,15). The van der Waals surface area contributed by atoms with E-state index in [-0.39, 0.29) is 5.92 Å². The molecule has 0 aliphatic carbocycles. The van der Waals surface area contributed by atoms with E-state index in [1.165, 1.54) is 16.7 Å². The molecule has 0 bridgehead atoms. The van der Waals surface area contributed by atoms with Crippen molar-refractivity contribution in [1.29, 1.82) is 0 Å². The summed E-state index contributed by atoms with van der Waals surface area (Å²) in [5.74, 6) is 0.643. The Kier molecular flexibility index (Phi) is 3.86. The second-order valence-corrected chi connectivity index (χ2v) is 4.96. The molecule has 1 aromatic rings. The third-order valence-corrected chi connectivity index (χ3v) is 2.99. The van der Waals surface area contributed by atoms with Crippen LogP contribution in [0.15, 0.2) is 18.2 Å². The van der Waals surface area contributed by atoms with Crippen LogP contribution in [0.25, 0.3) is 0 Å². The van der Waals surface area contributed by atoms with Crippen molar-refractivity contribution in [2.75, 3.05) is 0 Å². The lowest BCUT2D eigenvalue weighted by Gasteiger charge is -2.22. The third-order valence-electron chi connectivity index (χ3n) is 2.73. The smallest absolute Gasteiger partial charge is 0.0805 e. The number of nitrogens with two attached hydrogens (primary N) is 1. The summed E-state index contributed by atoms with van der Waals surface area (Å²) in [6.07, 6.45) is 0. The Morgan fingerprint density at radius 3 is 2.27 bits per heavy atom. The zero-order chi connectivity index (χ0) is 11.6. The first-order chi connectivity index (χ1) is 6.93. The zero-order valence-electron chi connectivity index (χ0n) is 9.87. The molecule has 0 radical (unpaired) electrons. The van der Waals surface area contributed by atoms with Crippen molar-refractivity contribution in [3.8, 4) is 0 Å². The van der Waals surface area contributed by atoms with Gasteiger partial charge in [-0.25, -0.2) is 0 Å². The van der Waals surface area contributed by atoms with Crippen LogP contribution in [0.1, 0.15) is 36.5 Å². The molecule has 1 aromatic carbocycles. The highest BCUT2D eigenvalue weighted by Gasteiger charge is 2.20. The summed E-state index contributed by atoms with van der Waals surface area (Å²) in [7, 11) is 0. The molecule has 1 atom stereocenters. The van der Waals surface area contributed by atoms with Gasteiger partial charge < -0.3 is 5.73 Å². The van der Waals surface area contributed by atoms with Crippen LogP contribution >= 0.6 is 12.2 Å². The lowest BCUT2D eigenvalue weighted by Crippen LogP contribution is -2.24. The highest BCUT2D eigenvalue weighted by atomic mass is 32.1. The molecular weight excluding hydrogens is 202 g/mol. The van der Waals surface area contributed by atoms with Crippen molar-refractivity contribution < 1.29 is 0 Å². The van der Waals surface area contributed by atoms with Crippen molar-refractivity contribution >= 4 is 17.2 Å². The lowest BCUT2D eigenvalue weighted by molar-refractivity contribution is 0.602. The fourth-order valence-electron chi connectivity index (χ4n) is 2.02. The van der Waals surface area contributed by atoms with Gasteiger partial charge in [-0.05, 0) is 30.9 Å². The van der Waals surface area contributed by atoms with Gasteiger partial charge in [0.05, 0.1) is 4.99 Å². The monoisotopic (exact) mass is 221 g/mol. The molecule has 82 valence electrons. The predicted octanol–water partition coefficient (Wildman–Crippen LogP) is 3.33. The van der Waals surface area contributed by atoms with Crippen LogP contribution in [0.5, 0.6) is 0 Å². The fourth-order valence-corrected chi connectivity index (χ4v) is 2.41. The SMILES string of the molecule is Cc1ccc(C(C(N)=S)C(C)C)c(C)c1. The van der Waals surface area contributed by atoms with E-state index in [1.54, 1.807) is 0 Å². The van der Waals surface area contributed by atoms with Crippen molar-refractivity contribution in [2.45, 2.75) is 33.6 Å². The van der Waals surface area contributed by atoms with E-state index in [0.29, 0.717) is 10.9 Å². The van der Waals surface area contributed by atoms with Gasteiger partial charge in [0.2, 0.25) is 0 Å². The molecule has 0 aliphatic rings. The van der Waals surface area contributed by atoms with Crippen molar-refractivity contribution in [2.24, 2.45) is 11.7 Å². The summed E-state index contributed by atoms with van der Waals surface area (Å²) in [5, 5.41) is 0. The number of aryl methyl sites for hydroxylation is 2. The minimum absolute atomic E-state index is 0.195. The molecule has 0 amide bonds. The highest BCUT2D eigenvalue weighted by molar-refractivity contribution is 7.80. The first-order valence-corrected chi connectivity index (χ1v) is 5.70. The molecule has 0 spiro atoms. The van der Waals surface area contributed by atoms with Gasteiger partial charge in [-0.3, -0.25) is 0 Å². The van der Waals surface area contributed by atoms with Gasteiger partial charge in [0.15, 0.2) is 0 Å². The highest BCUT2D eigenvalue weighted by Crippen LogP contribution is 2.27. The molecule has 2 N–H and O–H groups in total. The molecule has 1 unspecified atom stereocenters. The van der Waals surface area contributed by atoms with Gasteiger partial charge in [-0.15, -0.1) is 0 Å². The maximum atomic E-state index is 5.81. The fraction of sp³-hybridized carbons (Fsp3) is 0.462. The molecule has 0 saturated carbocycles. The first-order valence-electron chi connectivity index (χ1n) is 5.30. The Bertz CT molecular complexity index is 369. The van der Waals surface area contributed by atoms with E-state index >= 15 is 0 Å². The summed E-state index contributed by atoms with van der Waals surface area (Å²) < 4.78 is 0. The Balaban J connectivity index is 3.17. The molecular formula is C13H19NS. The topological polar surface area (TPSA) is 26.0 Å². The average Bonchev–Trinajstić information content (AvgIpc) is 2.08. The summed E-state index contributed by atoms with van der Waals surface area (Å²) in [6.45, 7) is 8.53. The number of benzene rings is 1. The number of rotatable bonds is 3. The first kappa shape index (κ1) is 12.2. The van der Waals surface area contributed by atoms with Crippen molar-refractivity contribution in [3.05, 3.63) is 34.9 Å². The minimum Gasteiger partial charge on any atom is -0.393 e. The molecule has 0 heterocycles. The zero-order valence-corrected chi connectivity index (χ0v) is 10.7. The summed E-state index contributed by atoms with van der Waals surface area (Å²) in [4.78, 5) is 0.594. The number of thiocarbonyl (C=S) groups is 1. The normalized spacial score (nSPS) is 12.9. The molecule has 0 saturated heterocycles. The van der Waals surface area contributed by atoms with Crippen LogP contribution in [-0.2, 0) is 0 Å². The maximum absolute atomic E-state index is 5.81. The maximum Gasteiger partial charge on any atom is 0.0805 e. The van der Waals surface area contributed by atoms with E-state index in [1.807, 2.05) is 0 Å². The second-order valence-electron chi connectivity index (χ2n) is 4.48. The van der Waals surface area contributed by atoms with Gasteiger partial charge in [-0.2, -0.15) is 0 Å². The van der Waals surface area contributed by atoms with E-state index in [0.717, 1.165) is 0 Å². The quantitative estimate of drug-likeness (QED) is 0.792. The predicted molar refractivity (Wildman–Crippen MR) is 70.3 cm³/mol. The summed E-state index contributed by atoms with van der Waals surface area (Å²) in [6, 6.07) is 6.45. The van der Waals surface area contributed by atoms with E-state index < -0.39 is 0 Å². The molecule has 2 heteroatoms. The van der Waals surface area contributed by atoms with Crippen LogP contribution in [0.3, 0.4) is 0 Å². The largest absolute Gasteiger partial charge is 0.393 e. The minimum atomic E-state index is 0.195. The Hall–Kier alpha value is -0.890. The summed E-state index contributed by atoms with van der Waals surface area (Å²) in [5.41, 5.74) is 9.63. The van der Waals surface area contributed by atoms with E-state index in [2.05, 4.69) is 45.9 Å². The van der Waals surface area contributed by atoms with E-state index in [4.69, 9.17) is 18.0 Å². The van der Waals surface area contributed by atoms with Crippen LogP contribution in [0.4, 0.5) is 0 Å². The van der Waals surface area contributed by atoms with Gasteiger partial charge in [0.25, 0.3) is 0 Å². The Morgan fingerprint density at radius 1 is 1.27 bits per heavy atom. The van der Waals surface area contributed by atoms with Crippen LogP contribution in [0.2, 0.25) is 0 Å². The van der Waals surface area contributed by atoms with Crippen LogP contribution in [-0.4, -0.2) is 4.99 Å². The van der Waals surface area contributed by atoms with Gasteiger partial charge >= 0.3 is 0 Å². The third kappa shape index (κ3) is 2.78. The molecule has 0 fully saturated rings. The average molecular weight is 221 g/mol. The summed E-state index contributed by atoms with van der Waals surface area (Å²) >= 11 is 5.15. The van der Waals surface area contributed by atoms with Crippen LogP contribution in [0, 0.1) is 19.8 Å². The second kappa shape index (κ2) is 4.75. The van der Waals surface area contributed by atoms with Crippen LogP contribution < -0.4 is 5.73 Å². The molecule has 0 aromatic heterocycles. The van der Waals surface area contributed by atoms with E-state index in [9.17, 15) is 0 Å². The Morgan fingerprint density at radius 2 is 1.87 bits per heavy atom. The van der Waals surface area contributed by atoms with Gasteiger partial charge in [0, 0.05) is 5.92 Å². The molecule has 1 nitrogen and oxygen atoms in total. The van der Waals surface area contributed by atoms with Gasteiger partial charge in [0.1, 0.15) is 0 Å². The number of hydrogen-bond donors (Lipinski definition) is 1. The molecule has 0 aliphatic heterocycles. The Labute approximate surface area is 97.7 Å². The van der Waals surface area contributed by atoms with Crippen molar-refractivity contribution in [1.82, 2.24) is 0 Å². The van der Waals surface area contributed by atoms with Crippen molar-refractivity contribution in [3.63, 3.8) is 0 Å². The molecule has 15 heavy (non-hydrogen) atoms. The van der Waals surface area contributed by atoms with Gasteiger partial charge in [-0.1, -0.05) is 49.8 Å². The lowest BCUT2D eigenvalue weighted by atomic mass is 9.85.